The fourth-order valence-electron chi connectivity index (χ4n) is 1.31. The molecule has 0 aliphatic heterocycles. The van der Waals surface area contributed by atoms with Crippen molar-refractivity contribution in [2.45, 2.75) is 20.6 Å². The number of carbonyl (C=O) groups is 1. The molecule has 0 atom stereocenters. The van der Waals surface area contributed by atoms with Gasteiger partial charge in [-0.25, -0.2) is 9.78 Å². The molecule has 2 aromatic rings. The zero-order valence-corrected chi connectivity index (χ0v) is 13.3. The van der Waals surface area contributed by atoms with Crippen LogP contribution in [0.4, 0.5) is 5.69 Å². The van der Waals surface area contributed by atoms with Gasteiger partial charge in [-0.05, 0) is 31.0 Å². The summed E-state index contributed by atoms with van der Waals surface area (Å²) in [7, 11) is 0. The van der Waals surface area contributed by atoms with Gasteiger partial charge in [0.15, 0.2) is 8.68 Å². The predicted octanol–water partition coefficient (Wildman–Crippen LogP) is 2.57. The van der Waals surface area contributed by atoms with Crippen LogP contribution in [0.5, 0.6) is 0 Å². The van der Waals surface area contributed by atoms with Crippen LogP contribution in [0.3, 0.4) is 0 Å². The number of esters is 1. The number of pyridine rings is 1. The number of nitrogen functional groups attached to an aromatic ring is 1. The number of rotatable bonds is 5. The quantitative estimate of drug-likeness (QED) is 0.661. The first-order valence-corrected chi connectivity index (χ1v) is 8.47. The van der Waals surface area contributed by atoms with Gasteiger partial charge in [-0.15, -0.1) is 10.2 Å². The Kier molecular flexibility index (Phi) is 5.21. The van der Waals surface area contributed by atoms with E-state index in [0.29, 0.717) is 22.9 Å². The average molecular weight is 328 g/mol. The average Bonchev–Trinajstić information content (AvgIpc) is 2.89. The Labute approximate surface area is 128 Å². The number of hydrogen-bond acceptors (Lipinski definition) is 9. The van der Waals surface area contributed by atoms with E-state index >= 15 is 0 Å². The fourth-order valence-corrected chi connectivity index (χ4v) is 3.72. The SMILES string of the molecule is CCOC(=O)c1cc(N)cnc1Sc1nnc(SC)s1. The van der Waals surface area contributed by atoms with E-state index in [-0.39, 0.29) is 0 Å². The molecule has 0 aliphatic rings. The lowest BCUT2D eigenvalue weighted by molar-refractivity contribution is 0.0521. The van der Waals surface area contributed by atoms with E-state index in [1.807, 2.05) is 6.26 Å². The second-order valence-electron chi connectivity index (χ2n) is 3.48. The van der Waals surface area contributed by atoms with Crippen LogP contribution >= 0.6 is 34.9 Å². The third-order valence-electron chi connectivity index (χ3n) is 2.11. The number of carbonyl (C=O) groups excluding carboxylic acids is 1. The standard InChI is InChI=1S/C11H12N4O2S3/c1-3-17-9(16)7-4-6(12)5-13-8(7)19-11-15-14-10(18-2)20-11/h4-5H,3,12H2,1-2H3. The molecule has 9 heteroatoms. The maximum atomic E-state index is 11.9. The van der Waals surface area contributed by atoms with Gasteiger partial charge in [-0.3, -0.25) is 0 Å². The Bertz CT molecular complexity index is 617. The van der Waals surface area contributed by atoms with E-state index in [1.165, 1.54) is 41.1 Å². The smallest absolute Gasteiger partial charge is 0.340 e. The lowest BCUT2D eigenvalue weighted by Crippen LogP contribution is -2.08. The van der Waals surface area contributed by atoms with Gasteiger partial charge >= 0.3 is 5.97 Å². The number of nitrogens with zero attached hydrogens (tertiary/aromatic N) is 3. The molecule has 6 nitrogen and oxygen atoms in total. The van der Waals surface area contributed by atoms with Crippen LogP contribution in [0, 0.1) is 0 Å². The number of thioether (sulfide) groups is 1. The summed E-state index contributed by atoms with van der Waals surface area (Å²) in [4.78, 5) is 16.1. The van der Waals surface area contributed by atoms with Crippen molar-refractivity contribution in [1.82, 2.24) is 15.2 Å². The number of hydrogen-bond donors (Lipinski definition) is 1. The highest BCUT2D eigenvalue weighted by atomic mass is 32.2. The maximum absolute atomic E-state index is 11.9. The minimum Gasteiger partial charge on any atom is -0.462 e. The predicted molar refractivity (Wildman–Crippen MR) is 80.4 cm³/mol. The molecular formula is C11H12N4O2S3. The van der Waals surface area contributed by atoms with E-state index in [2.05, 4.69) is 15.2 Å². The minimum atomic E-state index is -0.440. The highest BCUT2D eigenvalue weighted by Gasteiger charge is 2.17. The van der Waals surface area contributed by atoms with Gasteiger partial charge in [0.25, 0.3) is 0 Å². The lowest BCUT2D eigenvalue weighted by atomic mass is 10.3. The largest absolute Gasteiger partial charge is 0.462 e. The molecule has 2 rings (SSSR count). The van der Waals surface area contributed by atoms with Gasteiger partial charge in [-0.1, -0.05) is 23.1 Å². The van der Waals surface area contributed by atoms with Gasteiger partial charge in [0.1, 0.15) is 5.03 Å². The summed E-state index contributed by atoms with van der Waals surface area (Å²) in [5, 5.41) is 8.55. The van der Waals surface area contributed by atoms with Crippen LogP contribution in [0.25, 0.3) is 0 Å². The molecule has 106 valence electrons. The second-order valence-corrected chi connectivity index (χ2v) is 6.75. The molecule has 0 spiro atoms. The van der Waals surface area contributed by atoms with Crippen molar-refractivity contribution in [3.8, 4) is 0 Å². The summed E-state index contributed by atoms with van der Waals surface area (Å²) in [5.41, 5.74) is 6.43. The van der Waals surface area contributed by atoms with E-state index in [4.69, 9.17) is 10.5 Å². The van der Waals surface area contributed by atoms with E-state index in [0.717, 1.165) is 8.68 Å². The number of ether oxygens (including phenoxy) is 1. The summed E-state index contributed by atoms with van der Waals surface area (Å²) in [5.74, 6) is -0.440. The van der Waals surface area contributed by atoms with Crippen LogP contribution in [0.15, 0.2) is 26.0 Å². The van der Waals surface area contributed by atoms with Crippen molar-refractivity contribution in [1.29, 1.82) is 0 Å². The van der Waals surface area contributed by atoms with Gasteiger partial charge in [-0.2, -0.15) is 0 Å². The van der Waals surface area contributed by atoms with E-state index in [1.54, 1.807) is 13.0 Å². The maximum Gasteiger partial charge on any atom is 0.340 e. The van der Waals surface area contributed by atoms with Crippen molar-refractivity contribution in [2.24, 2.45) is 0 Å². The molecule has 2 N–H and O–H groups in total. The molecule has 0 fully saturated rings. The van der Waals surface area contributed by atoms with Crippen LogP contribution in [-0.2, 0) is 4.74 Å². The normalized spacial score (nSPS) is 10.5. The first kappa shape index (κ1) is 15.1. The van der Waals surface area contributed by atoms with E-state index < -0.39 is 5.97 Å². The zero-order chi connectivity index (χ0) is 14.5. The van der Waals surface area contributed by atoms with E-state index in [9.17, 15) is 4.79 Å². The Balaban J connectivity index is 2.28. The van der Waals surface area contributed by atoms with Crippen molar-refractivity contribution in [3.05, 3.63) is 17.8 Å². The highest BCUT2D eigenvalue weighted by molar-refractivity contribution is 8.03. The van der Waals surface area contributed by atoms with Gasteiger partial charge in [0.2, 0.25) is 0 Å². The highest BCUT2D eigenvalue weighted by Crippen LogP contribution is 2.34. The summed E-state index contributed by atoms with van der Waals surface area (Å²) in [6.07, 6.45) is 3.43. The zero-order valence-electron chi connectivity index (χ0n) is 10.8. The molecule has 2 heterocycles. The Morgan fingerprint density at radius 2 is 2.20 bits per heavy atom. The molecule has 0 unspecified atom stereocenters. The van der Waals surface area contributed by atoms with Crippen LogP contribution in [-0.4, -0.2) is 34.0 Å². The Hall–Kier alpha value is -1.32. The number of nitrogens with two attached hydrogens (primary N) is 1. The van der Waals surface area contributed by atoms with Crippen LogP contribution in [0.2, 0.25) is 0 Å². The molecule has 0 aliphatic carbocycles. The molecule has 0 aromatic carbocycles. The van der Waals surface area contributed by atoms with Crippen LogP contribution in [0.1, 0.15) is 17.3 Å². The summed E-state index contributed by atoms with van der Waals surface area (Å²) in [6, 6.07) is 1.56. The molecule has 0 saturated carbocycles. The summed E-state index contributed by atoms with van der Waals surface area (Å²) < 4.78 is 6.58. The molecule has 20 heavy (non-hydrogen) atoms. The third kappa shape index (κ3) is 3.62. The Morgan fingerprint density at radius 3 is 2.85 bits per heavy atom. The third-order valence-corrected chi connectivity index (χ3v) is 5.08. The second kappa shape index (κ2) is 6.91. The monoisotopic (exact) mass is 328 g/mol. The van der Waals surface area contributed by atoms with Crippen molar-refractivity contribution in [3.63, 3.8) is 0 Å². The summed E-state index contributed by atoms with van der Waals surface area (Å²) in [6.45, 7) is 2.05. The molecular weight excluding hydrogens is 316 g/mol. The number of aromatic nitrogens is 3. The summed E-state index contributed by atoms with van der Waals surface area (Å²) >= 11 is 4.24. The van der Waals surface area contributed by atoms with Gasteiger partial charge in [0.05, 0.1) is 24.1 Å². The Morgan fingerprint density at radius 1 is 1.45 bits per heavy atom. The number of anilines is 1. The molecule has 2 aromatic heterocycles. The van der Waals surface area contributed by atoms with Crippen molar-refractivity contribution < 1.29 is 9.53 Å². The van der Waals surface area contributed by atoms with Crippen LogP contribution < -0.4 is 5.73 Å². The molecule has 0 radical (unpaired) electrons. The van der Waals surface area contributed by atoms with Crippen molar-refractivity contribution >= 4 is 46.5 Å². The topological polar surface area (TPSA) is 91.0 Å². The lowest BCUT2D eigenvalue weighted by Gasteiger charge is -2.06. The molecule has 0 bridgehead atoms. The fraction of sp³-hybridized carbons (Fsp3) is 0.273. The van der Waals surface area contributed by atoms with Crippen molar-refractivity contribution in [2.75, 3.05) is 18.6 Å². The van der Waals surface area contributed by atoms with Gasteiger partial charge < -0.3 is 10.5 Å². The first-order valence-electron chi connectivity index (χ1n) is 5.62. The molecule has 0 amide bonds. The van der Waals surface area contributed by atoms with Gasteiger partial charge in [0, 0.05) is 0 Å². The first-order chi connectivity index (χ1) is 9.63. The molecule has 0 saturated heterocycles. The minimum absolute atomic E-state index is 0.299.